The number of para-hydroxylation sites is 1. The van der Waals surface area contributed by atoms with E-state index in [2.05, 4.69) is 16.3 Å². The van der Waals surface area contributed by atoms with Crippen molar-refractivity contribution in [3.8, 4) is 0 Å². The van der Waals surface area contributed by atoms with E-state index in [4.69, 9.17) is 0 Å². The maximum atomic E-state index is 12.6. The van der Waals surface area contributed by atoms with Crippen LogP contribution in [0.3, 0.4) is 0 Å². The first-order chi connectivity index (χ1) is 13.8. The molecule has 0 saturated heterocycles. The molecule has 1 aromatic carbocycles. The largest absolute Gasteiger partial charge is 0.480 e. The summed E-state index contributed by atoms with van der Waals surface area (Å²) in [7, 11) is 0. The molecule has 1 atom stereocenters. The molecule has 2 amide bonds. The van der Waals surface area contributed by atoms with Crippen molar-refractivity contribution in [2.75, 3.05) is 12.0 Å². The maximum absolute atomic E-state index is 12.6. The summed E-state index contributed by atoms with van der Waals surface area (Å²) in [6, 6.07) is 6.54. The first kappa shape index (κ1) is 21.1. The molecule has 0 radical (unpaired) electrons. The van der Waals surface area contributed by atoms with E-state index in [0.717, 1.165) is 18.5 Å². The van der Waals surface area contributed by atoms with E-state index in [-0.39, 0.29) is 23.7 Å². The number of benzene rings is 1. The molecule has 158 valence electrons. The molecule has 1 saturated carbocycles. The second kappa shape index (κ2) is 9.26. The molecular formula is C21H30N4O4. The van der Waals surface area contributed by atoms with Crippen LogP contribution < -0.4 is 16.3 Å². The minimum absolute atomic E-state index is 0.0581. The molecule has 4 N–H and O–H groups in total. The highest BCUT2D eigenvalue weighted by molar-refractivity contribution is 6.00. The molecule has 1 heterocycles. The Hall–Kier alpha value is -2.61. The number of nitrogens with one attached hydrogen (secondary N) is 3. The molecule has 0 bridgehead atoms. The predicted molar refractivity (Wildman–Crippen MR) is 109 cm³/mol. The number of hydrazine groups is 2. The summed E-state index contributed by atoms with van der Waals surface area (Å²) in [5.41, 5.74) is 7.40. The first-order valence-electron chi connectivity index (χ1n) is 10.3. The molecule has 0 aromatic heterocycles. The van der Waals surface area contributed by atoms with Crippen molar-refractivity contribution in [1.29, 1.82) is 0 Å². The van der Waals surface area contributed by atoms with E-state index in [1.54, 1.807) is 11.1 Å². The molecule has 1 aliphatic heterocycles. The average Bonchev–Trinajstić information content (AvgIpc) is 2.70. The lowest BCUT2D eigenvalue weighted by Gasteiger charge is -2.35. The van der Waals surface area contributed by atoms with Crippen molar-refractivity contribution in [2.24, 2.45) is 17.8 Å². The number of hydrogen-bond donors (Lipinski definition) is 4. The molecule has 29 heavy (non-hydrogen) atoms. The van der Waals surface area contributed by atoms with Gasteiger partial charge in [-0.2, -0.15) is 0 Å². The number of hydrogen-bond acceptors (Lipinski definition) is 5. The Kier molecular flexibility index (Phi) is 6.74. The number of carbonyl (C=O) groups is 3. The van der Waals surface area contributed by atoms with Crippen molar-refractivity contribution < 1.29 is 19.5 Å². The van der Waals surface area contributed by atoms with Crippen LogP contribution in [0.5, 0.6) is 0 Å². The zero-order chi connectivity index (χ0) is 21.0. The van der Waals surface area contributed by atoms with E-state index in [9.17, 15) is 19.5 Å². The van der Waals surface area contributed by atoms with Crippen molar-refractivity contribution in [1.82, 2.24) is 15.9 Å². The third-order valence-electron chi connectivity index (χ3n) is 5.71. The van der Waals surface area contributed by atoms with Gasteiger partial charge in [0.1, 0.15) is 6.04 Å². The normalized spacial score (nSPS) is 22.6. The van der Waals surface area contributed by atoms with Crippen LogP contribution in [0, 0.1) is 17.8 Å². The van der Waals surface area contributed by atoms with E-state index in [0.29, 0.717) is 37.3 Å². The highest BCUT2D eigenvalue weighted by Crippen LogP contribution is 2.30. The zero-order valence-corrected chi connectivity index (χ0v) is 17.0. The summed E-state index contributed by atoms with van der Waals surface area (Å²) >= 11 is 0. The van der Waals surface area contributed by atoms with Crippen molar-refractivity contribution >= 4 is 23.5 Å². The minimum Gasteiger partial charge on any atom is -0.480 e. The van der Waals surface area contributed by atoms with E-state index >= 15 is 0 Å². The zero-order valence-electron chi connectivity index (χ0n) is 17.0. The Balaban J connectivity index is 1.49. The van der Waals surface area contributed by atoms with Crippen LogP contribution in [0.4, 0.5) is 5.69 Å². The lowest BCUT2D eigenvalue weighted by atomic mass is 9.81. The molecular weight excluding hydrogens is 372 g/mol. The number of carboxylic acids is 1. The van der Waals surface area contributed by atoms with Crippen molar-refractivity contribution in [3.63, 3.8) is 0 Å². The van der Waals surface area contributed by atoms with E-state index in [1.165, 1.54) is 0 Å². The van der Waals surface area contributed by atoms with Crippen molar-refractivity contribution in [3.05, 3.63) is 29.8 Å². The van der Waals surface area contributed by atoms with Gasteiger partial charge in [-0.25, -0.2) is 4.79 Å². The second-order valence-electron chi connectivity index (χ2n) is 8.44. The van der Waals surface area contributed by atoms with Gasteiger partial charge in [0.2, 0.25) is 5.91 Å². The highest BCUT2D eigenvalue weighted by Gasteiger charge is 2.32. The van der Waals surface area contributed by atoms with Gasteiger partial charge in [-0.15, -0.1) is 5.53 Å². The van der Waals surface area contributed by atoms with Crippen LogP contribution in [0.25, 0.3) is 0 Å². The Morgan fingerprint density at radius 1 is 1.21 bits per heavy atom. The lowest BCUT2D eigenvalue weighted by molar-refractivity contribution is -0.143. The van der Waals surface area contributed by atoms with Gasteiger partial charge in [0, 0.05) is 12.5 Å². The number of rotatable bonds is 7. The quantitative estimate of drug-likeness (QED) is 0.557. The van der Waals surface area contributed by atoms with Gasteiger partial charge in [-0.05, 0) is 56.1 Å². The van der Waals surface area contributed by atoms with Crippen molar-refractivity contribution in [2.45, 2.75) is 52.0 Å². The average molecular weight is 402 g/mol. The van der Waals surface area contributed by atoms with Gasteiger partial charge >= 0.3 is 5.97 Å². The van der Waals surface area contributed by atoms with Gasteiger partial charge in [-0.3, -0.25) is 14.6 Å². The number of fused-ring (bicyclic) bond motifs is 1. The van der Waals surface area contributed by atoms with Crippen LogP contribution in [-0.2, 0) is 9.59 Å². The smallest absolute Gasteiger partial charge is 0.326 e. The fourth-order valence-corrected chi connectivity index (χ4v) is 4.08. The molecule has 2 aliphatic rings. The van der Waals surface area contributed by atoms with Crippen LogP contribution >= 0.6 is 0 Å². The third-order valence-corrected chi connectivity index (χ3v) is 5.71. The summed E-state index contributed by atoms with van der Waals surface area (Å²) in [6.07, 6.45) is 3.49. The topological polar surface area (TPSA) is 111 Å². The molecule has 1 fully saturated rings. The molecule has 8 heteroatoms. The number of aliphatic carboxylic acids is 1. The SMILES string of the molecule is CC(C)C[C@@H](NC(=O)C1CCC(CN2NNc3ccccc3C2=O)CC1)C(=O)O. The Morgan fingerprint density at radius 2 is 1.90 bits per heavy atom. The number of carbonyl (C=O) groups excluding carboxylic acids is 2. The second-order valence-corrected chi connectivity index (χ2v) is 8.44. The molecule has 3 rings (SSSR count). The number of anilines is 1. The lowest BCUT2D eigenvalue weighted by Crippen LogP contribution is -2.52. The Labute approximate surface area is 171 Å². The highest BCUT2D eigenvalue weighted by atomic mass is 16.4. The first-order valence-corrected chi connectivity index (χ1v) is 10.3. The molecule has 1 aliphatic carbocycles. The van der Waals surface area contributed by atoms with Crippen LogP contribution in [-0.4, -0.2) is 40.5 Å². The minimum atomic E-state index is -0.983. The maximum Gasteiger partial charge on any atom is 0.326 e. The van der Waals surface area contributed by atoms with Crippen LogP contribution in [0.15, 0.2) is 24.3 Å². The fraction of sp³-hybridized carbons (Fsp3) is 0.571. The molecule has 0 spiro atoms. The summed E-state index contributed by atoms with van der Waals surface area (Å²) in [5, 5.41) is 13.6. The van der Waals surface area contributed by atoms with Gasteiger partial charge in [0.15, 0.2) is 0 Å². The van der Waals surface area contributed by atoms with Crippen LogP contribution in [0.2, 0.25) is 0 Å². The summed E-state index contributed by atoms with van der Waals surface area (Å²) in [4.78, 5) is 36.5. The third kappa shape index (κ3) is 5.26. The Morgan fingerprint density at radius 3 is 2.55 bits per heavy atom. The number of nitrogens with zero attached hydrogens (tertiary/aromatic N) is 1. The fourth-order valence-electron chi connectivity index (χ4n) is 4.08. The van der Waals surface area contributed by atoms with Crippen LogP contribution in [0.1, 0.15) is 56.3 Å². The molecule has 8 nitrogen and oxygen atoms in total. The van der Waals surface area contributed by atoms with Gasteiger partial charge < -0.3 is 15.8 Å². The predicted octanol–water partition coefficient (Wildman–Crippen LogP) is 2.40. The monoisotopic (exact) mass is 402 g/mol. The van der Waals surface area contributed by atoms with Gasteiger partial charge in [0.05, 0.1) is 11.3 Å². The Bertz CT molecular complexity index is 759. The number of amides is 2. The number of carboxylic acid groups (broad SMARTS) is 1. The van der Waals surface area contributed by atoms with Gasteiger partial charge in [0.25, 0.3) is 5.91 Å². The van der Waals surface area contributed by atoms with E-state index in [1.807, 2.05) is 32.0 Å². The molecule has 1 aromatic rings. The summed E-state index contributed by atoms with van der Waals surface area (Å²) in [5.74, 6) is -0.877. The summed E-state index contributed by atoms with van der Waals surface area (Å²) in [6.45, 7) is 4.45. The molecule has 0 unspecified atom stereocenters. The standard InChI is InChI=1S/C21H30N4O4/c1-13(2)11-18(21(28)29)22-19(26)15-9-7-14(8-10-15)12-25-20(27)16-5-3-4-6-17(16)23-24-25/h3-6,13-15,18,23-24H,7-12H2,1-2H3,(H,22,26)(H,28,29)/t14?,15?,18-/m1/s1. The summed E-state index contributed by atoms with van der Waals surface area (Å²) < 4.78 is 0. The van der Waals surface area contributed by atoms with Gasteiger partial charge in [-0.1, -0.05) is 26.0 Å². The van der Waals surface area contributed by atoms with E-state index < -0.39 is 12.0 Å².